The van der Waals surface area contributed by atoms with E-state index >= 15 is 0 Å². The topological polar surface area (TPSA) is 74.6 Å². The Morgan fingerprint density at radius 1 is 1.45 bits per heavy atom. The SMILES string of the molecule is C=CC[C@@H](CC(=O)O)C(=O)O. The number of allylic oxidation sites excluding steroid dienone is 1. The summed E-state index contributed by atoms with van der Waals surface area (Å²) in [6.45, 7) is 3.33. The van der Waals surface area contributed by atoms with Crippen LogP contribution in [0.25, 0.3) is 0 Å². The van der Waals surface area contributed by atoms with E-state index < -0.39 is 17.9 Å². The summed E-state index contributed by atoms with van der Waals surface area (Å²) in [7, 11) is 0. The zero-order valence-corrected chi connectivity index (χ0v) is 5.99. The van der Waals surface area contributed by atoms with E-state index in [0.29, 0.717) is 0 Å². The van der Waals surface area contributed by atoms with Gasteiger partial charge in [-0.2, -0.15) is 0 Å². The van der Waals surface area contributed by atoms with Gasteiger partial charge in [0.05, 0.1) is 12.3 Å². The molecule has 0 aromatic heterocycles. The predicted octanol–water partition coefficient (Wildman–Crippen LogP) is 0.738. The summed E-state index contributed by atoms with van der Waals surface area (Å²) in [6.07, 6.45) is 1.25. The van der Waals surface area contributed by atoms with E-state index in [4.69, 9.17) is 10.2 Å². The van der Waals surface area contributed by atoms with Crippen molar-refractivity contribution in [2.75, 3.05) is 0 Å². The maximum atomic E-state index is 10.3. The summed E-state index contributed by atoms with van der Waals surface area (Å²) in [5.74, 6) is -3.03. The average molecular weight is 158 g/mol. The van der Waals surface area contributed by atoms with Gasteiger partial charge in [-0.1, -0.05) is 6.08 Å². The molecule has 4 nitrogen and oxygen atoms in total. The van der Waals surface area contributed by atoms with Crippen LogP contribution in [0.3, 0.4) is 0 Å². The van der Waals surface area contributed by atoms with Crippen molar-refractivity contribution in [3.05, 3.63) is 12.7 Å². The van der Waals surface area contributed by atoms with Gasteiger partial charge < -0.3 is 10.2 Å². The minimum Gasteiger partial charge on any atom is -0.481 e. The van der Waals surface area contributed by atoms with Crippen LogP contribution in [-0.2, 0) is 9.59 Å². The molecule has 0 aliphatic carbocycles. The number of carboxylic acids is 2. The van der Waals surface area contributed by atoms with Crippen molar-refractivity contribution >= 4 is 11.9 Å². The third kappa shape index (κ3) is 4.13. The highest BCUT2D eigenvalue weighted by molar-refractivity contribution is 5.77. The second-order valence-electron chi connectivity index (χ2n) is 2.16. The molecule has 0 aromatic carbocycles. The van der Waals surface area contributed by atoms with Crippen molar-refractivity contribution in [2.45, 2.75) is 12.8 Å². The van der Waals surface area contributed by atoms with Crippen molar-refractivity contribution in [3.63, 3.8) is 0 Å². The van der Waals surface area contributed by atoms with Gasteiger partial charge in [0, 0.05) is 0 Å². The molecule has 62 valence electrons. The third-order valence-corrected chi connectivity index (χ3v) is 1.22. The second kappa shape index (κ2) is 4.49. The third-order valence-electron chi connectivity index (χ3n) is 1.22. The lowest BCUT2D eigenvalue weighted by atomic mass is 10.0. The molecule has 4 heteroatoms. The molecule has 0 aliphatic heterocycles. The molecule has 0 fully saturated rings. The highest BCUT2D eigenvalue weighted by atomic mass is 16.4. The van der Waals surface area contributed by atoms with Gasteiger partial charge in [-0.05, 0) is 6.42 Å². The highest BCUT2D eigenvalue weighted by Crippen LogP contribution is 2.08. The Labute approximate surface area is 64.2 Å². The monoisotopic (exact) mass is 158 g/mol. The van der Waals surface area contributed by atoms with Gasteiger partial charge >= 0.3 is 11.9 Å². The average Bonchev–Trinajstić information content (AvgIpc) is 1.86. The number of carbonyl (C=O) groups is 2. The van der Waals surface area contributed by atoms with Gasteiger partial charge in [0.2, 0.25) is 0 Å². The van der Waals surface area contributed by atoms with E-state index in [1.165, 1.54) is 6.08 Å². The Kier molecular flexibility index (Phi) is 3.95. The van der Waals surface area contributed by atoms with Crippen LogP contribution in [0.4, 0.5) is 0 Å². The molecule has 0 unspecified atom stereocenters. The van der Waals surface area contributed by atoms with Gasteiger partial charge in [-0.25, -0.2) is 0 Å². The first kappa shape index (κ1) is 9.68. The lowest BCUT2D eigenvalue weighted by Gasteiger charge is -2.04. The molecule has 11 heavy (non-hydrogen) atoms. The van der Waals surface area contributed by atoms with Gasteiger partial charge in [0.15, 0.2) is 0 Å². The Morgan fingerprint density at radius 2 is 2.00 bits per heavy atom. The van der Waals surface area contributed by atoms with Crippen molar-refractivity contribution in [3.8, 4) is 0 Å². The molecule has 0 saturated heterocycles. The molecule has 0 rings (SSSR count). The smallest absolute Gasteiger partial charge is 0.307 e. The van der Waals surface area contributed by atoms with E-state index in [-0.39, 0.29) is 12.8 Å². The molecular formula is C7H10O4. The fourth-order valence-electron chi connectivity index (χ4n) is 0.683. The van der Waals surface area contributed by atoms with Crippen LogP contribution < -0.4 is 0 Å². The Hall–Kier alpha value is -1.32. The molecular weight excluding hydrogens is 148 g/mol. The summed E-state index contributed by atoms with van der Waals surface area (Å²) >= 11 is 0. The molecule has 0 heterocycles. The predicted molar refractivity (Wildman–Crippen MR) is 38.2 cm³/mol. The minimum absolute atomic E-state index is 0.196. The van der Waals surface area contributed by atoms with Gasteiger partial charge in [0.1, 0.15) is 0 Å². The molecule has 0 spiro atoms. The molecule has 0 bridgehead atoms. The normalized spacial score (nSPS) is 12.0. The molecule has 2 N–H and O–H groups in total. The minimum atomic E-state index is -1.10. The Balaban J connectivity index is 3.99. The first-order chi connectivity index (χ1) is 5.07. The van der Waals surface area contributed by atoms with E-state index in [1.54, 1.807) is 0 Å². The zero-order valence-electron chi connectivity index (χ0n) is 5.99. The Morgan fingerprint density at radius 3 is 2.27 bits per heavy atom. The molecule has 0 saturated carbocycles. The van der Waals surface area contributed by atoms with Gasteiger partial charge in [0.25, 0.3) is 0 Å². The molecule has 0 aliphatic rings. The summed E-state index contributed by atoms with van der Waals surface area (Å²) in [5.41, 5.74) is 0. The Bertz CT molecular complexity index is 173. The summed E-state index contributed by atoms with van der Waals surface area (Å²) in [5, 5.41) is 16.7. The van der Waals surface area contributed by atoms with E-state index in [2.05, 4.69) is 6.58 Å². The van der Waals surface area contributed by atoms with Crippen molar-refractivity contribution in [1.29, 1.82) is 0 Å². The van der Waals surface area contributed by atoms with E-state index in [0.717, 1.165) is 0 Å². The maximum absolute atomic E-state index is 10.3. The summed E-state index contributed by atoms with van der Waals surface area (Å²) < 4.78 is 0. The first-order valence-corrected chi connectivity index (χ1v) is 3.13. The van der Waals surface area contributed by atoms with Gasteiger partial charge in [-0.15, -0.1) is 6.58 Å². The van der Waals surface area contributed by atoms with Crippen molar-refractivity contribution in [2.24, 2.45) is 5.92 Å². The van der Waals surface area contributed by atoms with Gasteiger partial charge in [-0.3, -0.25) is 9.59 Å². The standard InChI is InChI=1S/C7H10O4/c1-2-3-5(7(10)11)4-6(8)9/h2,5H,1,3-4H2,(H,8,9)(H,10,11)/t5-/m0/s1. The number of carboxylic acid groups (broad SMARTS) is 2. The molecule has 0 radical (unpaired) electrons. The van der Waals surface area contributed by atoms with Crippen LogP contribution in [0.15, 0.2) is 12.7 Å². The first-order valence-electron chi connectivity index (χ1n) is 3.13. The molecule has 0 aromatic rings. The number of hydrogen-bond acceptors (Lipinski definition) is 2. The number of hydrogen-bond donors (Lipinski definition) is 2. The largest absolute Gasteiger partial charge is 0.481 e. The fraction of sp³-hybridized carbons (Fsp3) is 0.429. The van der Waals surface area contributed by atoms with Crippen LogP contribution in [0.5, 0.6) is 0 Å². The van der Waals surface area contributed by atoms with Crippen molar-refractivity contribution in [1.82, 2.24) is 0 Å². The van der Waals surface area contributed by atoms with Crippen LogP contribution in [-0.4, -0.2) is 22.2 Å². The lowest BCUT2D eigenvalue weighted by molar-refractivity contribution is -0.148. The van der Waals surface area contributed by atoms with Crippen LogP contribution >= 0.6 is 0 Å². The van der Waals surface area contributed by atoms with Crippen molar-refractivity contribution < 1.29 is 19.8 Å². The molecule has 1 atom stereocenters. The van der Waals surface area contributed by atoms with E-state index in [9.17, 15) is 9.59 Å². The highest BCUT2D eigenvalue weighted by Gasteiger charge is 2.18. The summed E-state index contributed by atoms with van der Waals surface area (Å²) in [6, 6.07) is 0. The second-order valence-corrected chi connectivity index (χ2v) is 2.16. The van der Waals surface area contributed by atoms with Crippen LogP contribution in [0.2, 0.25) is 0 Å². The van der Waals surface area contributed by atoms with E-state index in [1.807, 2.05) is 0 Å². The van der Waals surface area contributed by atoms with Crippen LogP contribution in [0.1, 0.15) is 12.8 Å². The number of rotatable bonds is 5. The lowest BCUT2D eigenvalue weighted by Crippen LogP contribution is -2.16. The molecule has 0 amide bonds. The zero-order chi connectivity index (χ0) is 8.85. The maximum Gasteiger partial charge on any atom is 0.307 e. The summed E-state index contributed by atoms with van der Waals surface area (Å²) in [4.78, 5) is 20.4. The quantitative estimate of drug-likeness (QED) is 0.578. The van der Waals surface area contributed by atoms with Crippen LogP contribution in [0, 0.1) is 5.92 Å². The fourth-order valence-corrected chi connectivity index (χ4v) is 0.683. The number of aliphatic carboxylic acids is 2.